The Morgan fingerprint density at radius 1 is 0.970 bits per heavy atom. The van der Waals surface area contributed by atoms with Gasteiger partial charge in [0, 0.05) is 40.7 Å². The molecule has 0 aliphatic heterocycles. The molecule has 0 aliphatic rings. The number of benzene rings is 2. The van der Waals surface area contributed by atoms with Crippen LogP contribution in [0.3, 0.4) is 0 Å². The molecule has 0 aliphatic carbocycles. The normalized spacial score (nSPS) is 11.3. The molecular formula is C24H16ClF3N4O. The quantitative estimate of drug-likeness (QED) is 0.387. The minimum absolute atomic E-state index is 0.250. The molecule has 1 N–H and O–H groups in total. The van der Waals surface area contributed by atoms with Gasteiger partial charge in [0.25, 0.3) is 5.91 Å². The number of carbonyl (C=O) groups excluding carboxylic acids is 1. The molecule has 0 fully saturated rings. The third kappa shape index (κ3) is 5.35. The number of carbonyl (C=O) groups is 1. The van der Waals surface area contributed by atoms with Gasteiger partial charge in [0.15, 0.2) is 0 Å². The molecule has 4 aromatic rings. The molecule has 0 spiro atoms. The van der Waals surface area contributed by atoms with Crippen molar-refractivity contribution >= 4 is 23.2 Å². The van der Waals surface area contributed by atoms with E-state index in [0.29, 0.717) is 28.3 Å². The van der Waals surface area contributed by atoms with Crippen molar-refractivity contribution in [1.82, 2.24) is 15.0 Å². The van der Waals surface area contributed by atoms with E-state index in [4.69, 9.17) is 11.6 Å². The molecule has 0 bridgehead atoms. The van der Waals surface area contributed by atoms with Crippen molar-refractivity contribution in [2.75, 3.05) is 5.32 Å². The minimum atomic E-state index is -4.44. The van der Waals surface area contributed by atoms with Gasteiger partial charge in [-0.3, -0.25) is 9.78 Å². The average Bonchev–Trinajstić information content (AvgIpc) is 2.81. The van der Waals surface area contributed by atoms with Crippen molar-refractivity contribution in [1.29, 1.82) is 0 Å². The van der Waals surface area contributed by atoms with Gasteiger partial charge >= 0.3 is 6.18 Å². The van der Waals surface area contributed by atoms with Crippen LogP contribution in [0.25, 0.3) is 11.3 Å². The van der Waals surface area contributed by atoms with Crippen molar-refractivity contribution in [3.63, 3.8) is 0 Å². The molecule has 2 aromatic heterocycles. The summed E-state index contributed by atoms with van der Waals surface area (Å²) in [6, 6.07) is 14.5. The lowest BCUT2D eigenvalue weighted by atomic mass is 10.0. The first kappa shape index (κ1) is 22.4. The second-order valence-electron chi connectivity index (χ2n) is 7.10. The highest BCUT2D eigenvalue weighted by atomic mass is 35.5. The van der Waals surface area contributed by atoms with Crippen LogP contribution in [0, 0.1) is 0 Å². The van der Waals surface area contributed by atoms with Crippen LogP contribution in [-0.4, -0.2) is 20.9 Å². The highest BCUT2D eigenvalue weighted by Gasteiger charge is 2.30. The maximum Gasteiger partial charge on any atom is 0.416 e. The van der Waals surface area contributed by atoms with E-state index in [2.05, 4.69) is 20.3 Å². The zero-order valence-corrected chi connectivity index (χ0v) is 17.7. The second-order valence-corrected chi connectivity index (χ2v) is 7.51. The SMILES string of the molecule is O=C(Nc1ccc(C(F)(F)F)cc1)c1ccc(Cl)c(Cc2ncccc2-c2ccncn2)c1. The number of hydrogen-bond donors (Lipinski definition) is 1. The number of nitrogens with one attached hydrogen (secondary N) is 1. The van der Waals surface area contributed by atoms with Crippen LogP contribution in [0.15, 0.2) is 79.4 Å². The number of halogens is 4. The molecule has 4 rings (SSSR count). The summed E-state index contributed by atoms with van der Waals surface area (Å²) in [5.74, 6) is -0.468. The second kappa shape index (κ2) is 9.38. The van der Waals surface area contributed by atoms with Gasteiger partial charge in [-0.25, -0.2) is 9.97 Å². The summed E-state index contributed by atoms with van der Waals surface area (Å²) in [5, 5.41) is 3.06. The van der Waals surface area contributed by atoms with Gasteiger partial charge in [-0.2, -0.15) is 13.2 Å². The first-order chi connectivity index (χ1) is 15.8. The van der Waals surface area contributed by atoms with Gasteiger partial charge in [0.2, 0.25) is 0 Å². The topological polar surface area (TPSA) is 67.8 Å². The van der Waals surface area contributed by atoms with Crippen molar-refractivity contribution < 1.29 is 18.0 Å². The summed E-state index contributed by atoms with van der Waals surface area (Å²) in [6.07, 6.45) is 0.656. The number of amides is 1. The molecule has 0 saturated heterocycles. The predicted octanol–water partition coefficient (Wildman–Crippen LogP) is 6.05. The van der Waals surface area contributed by atoms with Crippen molar-refractivity contribution in [3.05, 3.63) is 107 Å². The summed E-state index contributed by atoms with van der Waals surface area (Å²) in [5.41, 5.74) is 2.69. The molecule has 0 radical (unpaired) electrons. The number of aromatic nitrogens is 3. The number of hydrogen-bond acceptors (Lipinski definition) is 4. The zero-order chi connectivity index (χ0) is 23.4. The van der Waals surface area contributed by atoms with E-state index < -0.39 is 17.6 Å². The largest absolute Gasteiger partial charge is 0.416 e. The predicted molar refractivity (Wildman–Crippen MR) is 119 cm³/mol. The number of rotatable bonds is 5. The molecule has 9 heteroatoms. The Hall–Kier alpha value is -3.78. The smallest absolute Gasteiger partial charge is 0.322 e. The fraction of sp³-hybridized carbons (Fsp3) is 0.0833. The van der Waals surface area contributed by atoms with Crippen LogP contribution in [0.2, 0.25) is 5.02 Å². The summed E-state index contributed by atoms with van der Waals surface area (Å²) >= 11 is 6.38. The molecule has 5 nitrogen and oxygen atoms in total. The molecule has 166 valence electrons. The number of alkyl halides is 3. The number of nitrogens with zero attached hydrogens (tertiary/aromatic N) is 3. The summed E-state index contributed by atoms with van der Waals surface area (Å²) in [6.45, 7) is 0. The van der Waals surface area contributed by atoms with Crippen molar-refractivity contribution in [2.45, 2.75) is 12.6 Å². The van der Waals surface area contributed by atoms with Crippen molar-refractivity contribution in [2.24, 2.45) is 0 Å². The Balaban J connectivity index is 1.56. The molecule has 2 aromatic carbocycles. The van der Waals surface area contributed by atoms with Crippen LogP contribution in [0.4, 0.5) is 18.9 Å². The molecule has 0 atom stereocenters. The van der Waals surface area contributed by atoms with Gasteiger partial charge < -0.3 is 5.32 Å². The van der Waals surface area contributed by atoms with Gasteiger partial charge in [0.1, 0.15) is 6.33 Å². The van der Waals surface area contributed by atoms with Crippen LogP contribution >= 0.6 is 11.6 Å². The standard InChI is InChI=1S/C24H16ClF3N4O/c25-20-8-3-15(23(33)32-18-6-4-17(5-7-18)24(26,27)28)12-16(20)13-22-19(2-1-10-30-22)21-9-11-29-14-31-21/h1-12,14H,13H2,(H,32,33). The summed E-state index contributed by atoms with van der Waals surface area (Å²) < 4.78 is 38.2. The fourth-order valence-electron chi connectivity index (χ4n) is 3.24. The van der Waals surface area contributed by atoms with Gasteiger partial charge in [-0.1, -0.05) is 11.6 Å². The van der Waals surface area contributed by atoms with Crippen molar-refractivity contribution in [3.8, 4) is 11.3 Å². The third-order valence-electron chi connectivity index (χ3n) is 4.88. The van der Waals surface area contributed by atoms with E-state index in [1.165, 1.54) is 18.5 Å². The first-order valence-corrected chi connectivity index (χ1v) is 10.2. The minimum Gasteiger partial charge on any atom is -0.322 e. The average molecular weight is 469 g/mol. The number of anilines is 1. The van der Waals surface area contributed by atoms with E-state index in [9.17, 15) is 18.0 Å². The van der Waals surface area contributed by atoms with Gasteiger partial charge in [-0.15, -0.1) is 0 Å². The first-order valence-electron chi connectivity index (χ1n) is 9.78. The molecule has 0 unspecified atom stereocenters. The van der Waals surface area contributed by atoms with E-state index in [0.717, 1.165) is 23.4 Å². The Labute approximate surface area is 192 Å². The maximum atomic E-state index is 12.7. The van der Waals surface area contributed by atoms with Gasteiger partial charge in [-0.05, 0) is 66.2 Å². The maximum absolute atomic E-state index is 12.7. The summed E-state index contributed by atoms with van der Waals surface area (Å²) in [4.78, 5) is 25.3. The lowest BCUT2D eigenvalue weighted by molar-refractivity contribution is -0.137. The van der Waals surface area contributed by atoms with Crippen LogP contribution in [-0.2, 0) is 12.6 Å². The third-order valence-corrected chi connectivity index (χ3v) is 5.25. The Kier molecular flexibility index (Phi) is 6.37. The van der Waals surface area contributed by atoms with E-state index in [1.54, 1.807) is 42.7 Å². The zero-order valence-electron chi connectivity index (χ0n) is 17.0. The van der Waals surface area contributed by atoms with E-state index >= 15 is 0 Å². The Morgan fingerprint density at radius 2 is 1.76 bits per heavy atom. The lowest BCUT2D eigenvalue weighted by Gasteiger charge is -2.12. The van der Waals surface area contributed by atoms with Crippen LogP contribution in [0.5, 0.6) is 0 Å². The lowest BCUT2D eigenvalue weighted by Crippen LogP contribution is -2.13. The molecule has 33 heavy (non-hydrogen) atoms. The molecule has 0 saturated carbocycles. The highest BCUT2D eigenvalue weighted by molar-refractivity contribution is 6.31. The highest BCUT2D eigenvalue weighted by Crippen LogP contribution is 2.30. The Morgan fingerprint density at radius 3 is 2.45 bits per heavy atom. The fourth-order valence-corrected chi connectivity index (χ4v) is 3.42. The Bertz CT molecular complexity index is 1280. The van der Waals surface area contributed by atoms with Crippen LogP contribution in [0.1, 0.15) is 27.2 Å². The molecule has 1 amide bonds. The molecule has 2 heterocycles. The molecular weight excluding hydrogens is 453 g/mol. The number of pyridine rings is 1. The van der Waals surface area contributed by atoms with Gasteiger partial charge in [0.05, 0.1) is 17.0 Å². The monoisotopic (exact) mass is 468 g/mol. The van der Waals surface area contributed by atoms with E-state index in [1.807, 2.05) is 6.07 Å². The summed E-state index contributed by atoms with van der Waals surface area (Å²) in [7, 11) is 0. The van der Waals surface area contributed by atoms with E-state index in [-0.39, 0.29) is 5.69 Å². The van der Waals surface area contributed by atoms with Crippen LogP contribution < -0.4 is 5.32 Å².